The molecule has 0 aliphatic heterocycles. The zero-order valence-corrected chi connectivity index (χ0v) is 11.5. The Morgan fingerprint density at radius 3 is 2.95 bits per heavy atom. The van der Waals surface area contributed by atoms with Crippen LogP contribution in [-0.2, 0) is 13.0 Å². The average Bonchev–Trinajstić information content (AvgIpc) is 2.87. The molecule has 8 nitrogen and oxygen atoms in total. The maximum absolute atomic E-state index is 10.9. The Balaban J connectivity index is 1.96. The van der Waals surface area contributed by atoms with Crippen LogP contribution in [0.4, 0.5) is 5.69 Å². The molecular formula is C11H14N6O2S. The van der Waals surface area contributed by atoms with Crippen LogP contribution in [0.15, 0.2) is 29.4 Å². The van der Waals surface area contributed by atoms with Gasteiger partial charge in [-0.2, -0.15) is 0 Å². The second-order valence-corrected chi connectivity index (χ2v) is 5.02. The first kappa shape index (κ1) is 14.4. The maximum Gasteiger partial charge on any atom is 0.272 e. The van der Waals surface area contributed by atoms with Gasteiger partial charge in [-0.15, -0.1) is 5.10 Å². The Hall–Kier alpha value is -2.00. The van der Waals surface area contributed by atoms with E-state index in [0.717, 1.165) is 0 Å². The molecule has 0 fully saturated rings. The summed E-state index contributed by atoms with van der Waals surface area (Å²) in [6, 6.07) is 6.74. The van der Waals surface area contributed by atoms with Crippen LogP contribution in [0.2, 0.25) is 0 Å². The summed E-state index contributed by atoms with van der Waals surface area (Å²) in [6.07, 6.45) is 0.581. The highest BCUT2D eigenvalue weighted by Crippen LogP contribution is 2.21. The number of tetrazole rings is 1. The zero-order valence-electron chi connectivity index (χ0n) is 10.7. The summed E-state index contributed by atoms with van der Waals surface area (Å²) in [5, 5.41) is 22.9. The van der Waals surface area contributed by atoms with Crippen LogP contribution in [-0.4, -0.2) is 37.4 Å². The van der Waals surface area contributed by atoms with Crippen LogP contribution in [0.25, 0.3) is 0 Å². The molecule has 0 radical (unpaired) electrons. The van der Waals surface area contributed by atoms with Gasteiger partial charge in [0.25, 0.3) is 5.69 Å². The fourth-order valence-electron chi connectivity index (χ4n) is 1.72. The summed E-state index contributed by atoms with van der Waals surface area (Å²) in [4.78, 5) is 10.5. The van der Waals surface area contributed by atoms with Crippen molar-refractivity contribution >= 4 is 17.4 Å². The molecule has 0 saturated carbocycles. The largest absolute Gasteiger partial charge is 0.329 e. The van der Waals surface area contributed by atoms with E-state index in [-0.39, 0.29) is 10.6 Å². The molecule has 2 rings (SSSR count). The van der Waals surface area contributed by atoms with Crippen molar-refractivity contribution < 1.29 is 4.92 Å². The Morgan fingerprint density at radius 2 is 2.20 bits per heavy atom. The third-order valence-corrected chi connectivity index (χ3v) is 3.59. The van der Waals surface area contributed by atoms with Crippen molar-refractivity contribution in [2.75, 3.05) is 12.3 Å². The zero-order chi connectivity index (χ0) is 14.4. The van der Waals surface area contributed by atoms with Gasteiger partial charge in [0.2, 0.25) is 5.16 Å². The van der Waals surface area contributed by atoms with Crippen molar-refractivity contribution in [3.05, 3.63) is 39.9 Å². The number of nitro groups is 1. The Morgan fingerprint density at radius 1 is 1.40 bits per heavy atom. The van der Waals surface area contributed by atoms with Crippen LogP contribution in [0, 0.1) is 10.1 Å². The molecule has 1 aromatic heterocycles. The highest BCUT2D eigenvalue weighted by atomic mass is 32.2. The lowest BCUT2D eigenvalue weighted by Gasteiger charge is -2.03. The number of benzene rings is 1. The van der Waals surface area contributed by atoms with Crippen molar-refractivity contribution in [3.8, 4) is 0 Å². The normalized spacial score (nSPS) is 10.7. The fourth-order valence-corrected chi connectivity index (χ4v) is 2.59. The second kappa shape index (κ2) is 6.96. The van der Waals surface area contributed by atoms with E-state index >= 15 is 0 Å². The molecule has 1 heterocycles. The molecule has 0 saturated heterocycles. The number of aryl methyl sites for hydroxylation is 1. The predicted molar refractivity (Wildman–Crippen MR) is 74.4 cm³/mol. The number of para-hydroxylation sites is 1. The molecule has 0 aliphatic rings. The van der Waals surface area contributed by atoms with Crippen molar-refractivity contribution in [2.45, 2.75) is 18.1 Å². The summed E-state index contributed by atoms with van der Waals surface area (Å²) in [5.41, 5.74) is 6.32. The summed E-state index contributed by atoms with van der Waals surface area (Å²) in [6.45, 7) is 1.02. The van der Waals surface area contributed by atoms with Gasteiger partial charge in [0.1, 0.15) is 0 Å². The van der Waals surface area contributed by atoms with Gasteiger partial charge < -0.3 is 5.73 Å². The molecule has 0 aliphatic carbocycles. The molecule has 0 spiro atoms. The lowest BCUT2D eigenvalue weighted by atomic mass is 10.1. The van der Waals surface area contributed by atoms with Crippen molar-refractivity contribution in [1.82, 2.24) is 20.2 Å². The first-order chi connectivity index (χ1) is 9.72. The van der Waals surface area contributed by atoms with E-state index in [1.54, 1.807) is 22.9 Å². The molecule has 0 bridgehead atoms. The molecule has 0 atom stereocenters. The number of hydrogen-bond donors (Lipinski definition) is 1. The quantitative estimate of drug-likeness (QED) is 0.458. The summed E-state index contributed by atoms with van der Waals surface area (Å²) >= 11 is 1.46. The van der Waals surface area contributed by atoms with Gasteiger partial charge in [0.05, 0.1) is 11.5 Å². The van der Waals surface area contributed by atoms with Gasteiger partial charge in [-0.1, -0.05) is 30.0 Å². The lowest BCUT2D eigenvalue weighted by molar-refractivity contribution is -0.385. The number of nitro benzene ring substituents is 1. The van der Waals surface area contributed by atoms with E-state index in [9.17, 15) is 10.1 Å². The van der Waals surface area contributed by atoms with E-state index in [1.807, 2.05) is 0 Å². The highest BCUT2D eigenvalue weighted by molar-refractivity contribution is 7.99. The molecule has 1 aromatic carbocycles. The first-order valence-electron chi connectivity index (χ1n) is 6.03. The Bertz CT molecular complexity index is 588. The number of thioether (sulfide) groups is 1. The molecule has 2 N–H and O–H groups in total. The second-order valence-electron chi connectivity index (χ2n) is 3.96. The molecule has 20 heavy (non-hydrogen) atoms. The van der Waals surface area contributed by atoms with Crippen molar-refractivity contribution in [3.63, 3.8) is 0 Å². The molecule has 9 heteroatoms. The first-order valence-corrected chi connectivity index (χ1v) is 7.02. The molecule has 2 aromatic rings. The van der Waals surface area contributed by atoms with Gasteiger partial charge in [0.15, 0.2) is 0 Å². The number of nitrogens with two attached hydrogens (primary N) is 1. The van der Waals surface area contributed by atoms with Crippen LogP contribution in [0.3, 0.4) is 0 Å². The lowest BCUT2D eigenvalue weighted by Crippen LogP contribution is -2.12. The topological polar surface area (TPSA) is 113 Å². The smallest absolute Gasteiger partial charge is 0.272 e. The minimum absolute atomic E-state index is 0.148. The third-order valence-electron chi connectivity index (χ3n) is 2.63. The van der Waals surface area contributed by atoms with Crippen LogP contribution in [0.5, 0.6) is 0 Å². The number of nitrogens with zero attached hydrogens (tertiary/aromatic N) is 5. The van der Waals surface area contributed by atoms with Crippen molar-refractivity contribution in [1.29, 1.82) is 0 Å². The predicted octanol–water partition coefficient (Wildman–Crippen LogP) is 0.875. The third kappa shape index (κ3) is 3.52. The summed E-state index contributed by atoms with van der Waals surface area (Å²) < 4.78 is 1.63. The van der Waals surface area contributed by atoms with E-state index in [1.165, 1.54) is 17.8 Å². The summed E-state index contributed by atoms with van der Waals surface area (Å²) in [5.74, 6) is 0.662. The maximum atomic E-state index is 10.9. The Labute approximate surface area is 119 Å². The number of aromatic nitrogens is 4. The van der Waals surface area contributed by atoms with Gasteiger partial charge >= 0.3 is 0 Å². The van der Waals surface area contributed by atoms with Gasteiger partial charge in [-0.05, 0) is 16.8 Å². The Kier molecular flexibility index (Phi) is 5.02. The molecule has 0 unspecified atom stereocenters. The molecule has 106 valence electrons. The van der Waals surface area contributed by atoms with Crippen LogP contribution in [0.1, 0.15) is 5.56 Å². The highest BCUT2D eigenvalue weighted by Gasteiger charge is 2.13. The fraction of sp³-hybridized carbons (Fsp3) is 0.364. The SMILES string of the molecule is NCCn1nnnc1SCCc1ccccc1[N+](=O)[O-]. The van der Waals surface area contributed by atoms with E-state index in [2.05, 4.69) is 15.5 Å². The molecule has 0 amide bonds. The van der Waals surface area contributed by atoms with Crippen LogP contribution < -0.4 is 5.73 Å². The minimum atomic E-state index is -0.363. The van der Waals surface area contributed by atoms with Gasteiger partial charge in [-0.3, -0.25) is 10.1 Å². The van der Waals surface area contributed by atoms with Gasteiger partial charge in [0, 0.05) is 23.9 Å². The standard InChI is InChI=1S/C11H14N6O2S/c12-6-7-16-11(13-14-15-16)20-8-5-9-3-1-2-4-10(9)17(18)19/h1-4H,5-8,12H2. The van der Waals surface area contributed by atoms with Crippen LogP contribution >= 0.6 is 11.8 Å². The number of hydrogen-bond acceptors (Lipinski definition) is 7. The minimum Gasteiger partial charge on any atom is -0.329 e. The number of rotatable bonds is 7. The van der Waals surface area contributed by atoms with E-state index in [4.69, 9.17) is 5.73 Å². The van der Waals surface area contributed by atoms with Gasteiger partial charge in [-0.25, -0.2) is 4.68 Å². The summed E-state index contributed by atoms with van der Waals surface area (Å²) in [7, 11) is 0. The van der Waals surface area contributed by atoms with E-state index < -0.39 is 0 Å². The van der Waals surface area contributed by atoms with Crippen molar-refractivity contribution in [2.24, 2.45) is 5.73 Å². The monoisotopic (exact) mass is 294 g/mol. The van der Waals surface area contributed by atoms with E-state index in [0.29, 0.717) is 36.0 Å². The molecular weight excluding hydrogens is 280 g/mol. The average molecular weight is 294 g/mol.